The minimum Gasteiger partial charge on any atom is -0.316 e. The molecule has 0 aromatic heterocycles. The van der Waals surface area contributed by atoms with Crippen molar-refractivity contribution < 1.29 is 4.21 Å². The summed E-state index contributed by atoms with van der Waals surface area (Å²) in [7, 11) is 3.32. The zero-order valence-electron chi connectivity index (χ0n) is 22.1. The second kappa shape index (κ2) is 8.71. The van der Waals surface area contributed by atoms with E-state index in [1.807, 2.05) is 0 Å². The number of nitrogens with zero attached hydrogens (tertiary/aromatic N) is 2. The first-order chi connectivity index (χ1) is 15.6. The molecule has 0 aromatic carbocycles. The number of hydrogen-bond acceptors (Lipinski definition) is 3. The number of allylic oxidation sites excluding steroid dienone is 1. The van der Waals surface area contributed by atoms with Gasteiger partial charge >= 0.3 is 0 Å². The molecule has 188 valence electrons. The van der Waals surface area contributed by atoms with E-state index in [1.54, 1.807) is 5.57 Å². The second-order valence-corrected chi connectivity index (χ2v) is 14.6. The Morgan fingerprint density at radius 1 is 1.21 bits per heavy atom. The fourth-order valence-corrected chi connectivity index (χ4v) is 11.0. The molecule has 2 unspecified atom stereocenters. The van der Waals surface area contributed by atoms with Crippen LogP contribution in [0.4, 0.5) is 0 Å². The van der Waals surface area contributed by atoms with E-state index in [4.69, 9.17) is 5.73 Å². The van der Waals surface area contributed by atoms with E-state index in [1.165, 1.54) is 45.1 Å². The highest BCUT2D eigenvalue weighted by Gasteiger charge is 2.64. The Kier molecular flexibility index (Phi) is 6.46. The van der Waals surface area contributed by atoms with Crippen molar-refractivity contribution in [2.24, 2.45) is 46.2 Å². The summed E-state index contributed by atoms with van der Waals surface area (Å²) < 4.78 is 15.3. The van der Waals surface area contributed by atoms with Gasteiger partial charge in [0.1, 0.15) is 11.0 Å². The molecule has 4 nitrogen and oxygen atoms in total. The first-order valence-corrected chi connectivity index (χ1v) is 15.1. The monoisotopic (exact) mass is 475 g/mol. The van der Waals surface area contributed by atoms with E-state index in [0.717, 1.165) is 49.0 Å². The minimum atomic E-state index is -1.11. The van der Waals surface area contributed by atoms with Gasteiger partial charge in [-0.2, -0.15) is 0 Å². The quantitative estimate of drug-likeness (QED) is 0.558. The van der Waals surface area contributed by atoms with Gasteiger partial charge in [0.2, 0.25) is 0 Å². The molecule has 0 aromatic rings. The summed E-state index contributed by atoms with van der Waals surface area (Å²) in [6.07, 6.45) is 14.3. The molecule has 5 heteroatoms. The molecule has 1 saturated heterocycles. The van der Waals surface area contributed by atoms with Crippen LogP contribution in [0, 0.1) is 40.4 Å². The van der Waals surface area contributed by atoms with Gasteiger partial charge < -0.3 is 10.6 Å². The van der Waals surface area contributed by atoms with E-state index >= 15 is 0 Å². The summed E-state index contributed by atoms with van der Waals surface area (Å²) in [5, 5.41) is -0.255. The van der Waals surface area contributed by atoms with Crippen molar-refractivity contribution in [1.29, 1.82) is 0 Å². The average Bonchev–Trinajstić information content (AvgIpc) is 3.30. The lowest BCUT2D eigenvalue weighted by Gasteiger charge is -2.58. The second-order valence-electron chi connectivity index (χ2n) is 12.9. The normalized spacial score (nSPS) is 47.8. The smallest absolute Gasteiger partial charge is 0.112 e. The Morgan fingerprint density at radius 3 is 2.67 bits per heavy atom. The van der Waals surface area contributed by atoms with Crippen LogP contribution in [0.2, 0.25) is 0 Å². The number of likely N-dealkylation sites (tertiary alicyclic amines) is 1. The standard InChI is InChI=1S/C28H49N3OS/c1-7-18(2)26(29)33(32)31(6)21-12-14-27(4)20(16-21)8-9-22-24(27)13-15-28-17-30(5)19(3)23(28)10-11-25(22)28/h8,18-19,21-26H,7,9-17,29H2,1-6H3/t18-,19+,21+,22-,23-,24?,25+,26+,27+,28+,33?/m1/s1. The molecular formula is C28H49N3OS. The molecule has 5 aliphatic rings. The van der Waals surface area contributed by atoms with Crippen molar-refractivity contribution in [3.8, 4) is 0 Å². The Hall–Kier alpha value is -0.230. The molecule has 4 aliphatic carbocycles. The van der Waals surface area contributed by atoms with Crippen LogP contribution < -0.4 is 5.73 Å². The molecule has 5 rings (SSSR count). The predicted molar refractivity (Wildman–Crippen MR) is 139 cm³/mol. The van der Waals surface area contributed by atoms with Gasteiger partial charge in [-0.1, -0.05) is 38.8 Å². The molecular weight excluding hydrogens is 426 g/mol. The molecule has 4 fully saturated rings. The highest BCUT2D eigenvalue weighted by atomic mass is 32.2. The number of fused-ring (bicyclic) bond motifs is 4. The molecule has 33 heavy (non-hydrogen) atoms. The van der Waals surface area contributed by atoms with E-state index in [0.29, 0.717) is 22.8 Å². The van der Waals surface area contributed by atoms with Crippen molar-refractivity contribution >= 4 is 11.0 Å². The van der Waals surface area contributed by atoms with Gasteiger partial charge in [0.05, 0.1) is 5.37 Å². The van der Waals surface area contributed by atoms with E-state index in [9.17, 15) is 4.21 Å². The Labute approximate surface area is 205 Å². The first kappa shape index (κ1) is 24.5. The van der Waals surface area contributed by atoms with Crippen LogP contribution in [0.5, 0.6) is 0 Å². The number of hydrogen-bond donors (Lipinski definition) is 1. The third kappa shape index (κ3) is 3.57. The molecule has 0 radical (unpaired) electrons. The summed E-state index contributed by atoms with van der Waals surface area (Å²) in [4.78, 5) is 2.67. The van der Waals surface area contributed by atoms with E-state index in [-0.39, 0.29) is 5.37 Å². The highest BCUT2D eigenvalue weighted by Crippen LogP contribution is 2.68. The maximum Gasteiger partial charge on any atom is 0.112 e. The van der Waals surface area contributed by atoms with E-state index < -0.39 is 11.0 Å². The molecule has 1 aliphatic heterocycles. The van der Waals surface area contributed by atoms with Crippen LogP contribution in [0.15, 0.2) is 11.6 Å². The Morgan fingerprint density at radius 2 is 1.94 bits per heavy atom. The highest BCUT2D eigenvalue weighted by molar-refractivity contribution is 7.83. The first-order valence-electron chi connectivity index (χ1n) is 13.9. The Bertz CT molecular complexity index is 815. The van der Waals surface area contributed by atoms with Gasteiger partial charge in [0.25, 0.3) is 0 Å². The minimum absolute atomic E-state index is 0.255. The molecule has 1 spiro atoms. The number of rotatable bonds is 5. The lowest BCUT2D eigenvalue weighted by molar-refractivity contribution is -0.0418. The van der Waals surface area contributed by atoms with Crippen LogP contribution in [0.3, 0.4) is 0 Å². The third-order valence-corrected chi connectivity index (χ3v) is 13.7. The summed E-state index contributed by atoms with van der Waals surface area (Å²) >= 11 is 0. The lowest BCUT2D eigenvalue weighted by Crippen LogP contribution is -2.53. The third-order valence-electron chi connectivity index (χ3n) is 11.9. The van der Waals surface area contributed by atoms with Crippen LogP contribution in [0.25, 0.3) is 0 Å². The molecule has 0 bridgehead atoms. The van der Waals surface area contributed by atoms with Crippen molar-refractivity contribution in [1.82, 2.24) is 9.21 Å². The summed E-state index contributed by atoms with van der Waals surface area (Å²) in [6.45, 7) is 10.7. The summed E-state index contributed by atoms with van der Waals surface area (Å²) in [5.74, 6) is 3.90. The van der Waals surface area contributed by atoms with Crippen LogP contribution in [0.1, 0.15) is 85.5 Å². The average molecular weight is 476 g/mol. The van der Waals surface area contributed by atoms with Crippen molar-refractivity contribution in [2.45, 2.75) is 103 Å². The molecule has 11 atom stereocenters. The van der Waals surface area contributed by atoms with Gasteiger partial charge in [-0.3, -0.25) is 0 Å². The number of nitrogens with two attached hydrogens (primary N) is 1. The Balaban J connectivity index is 1.33. The SMILES string of the molecule is CC[C@@H](C)[C@@H](N)S(=O)N(C)[C@H]1CC[C@@]2(C)C(=CC[C@@H]3C2CC[C@]24CN(C)[C@@H](C)[C@H]2CC[C@@H]34)C1. The van der Waals surface area contributed by atoms with Gasteiger partial charge in [-0.15, -0.1) is 0 Å². The van der Waals surface area contributed by atoms with Crippen molar-refractivity contribution in [3.63, 3.8) is 0 Å². The van der Waals surface area contributed by atoms with Crippen LogP contribution in [-0.2, 0) is 11.0 Å². The van der Waals surface area contributed by atoms with Crippen molar-refractivity contribution in [2.75, 3.05) is 20.6 Å². The van der Waals surface area contributed by atoms with Gasteiger partial charge in [0, 0.05) is 25.7 Å². The maximum absolute atomic E-state index is 13.2. The molecule has 1 heterocycles. The van der Waals surface area contributed by atoms with Crippen LogP contribution in [-0.4, -0.2) is 51.5 Å². The molecule has 3 saturated carbocycles. The maximum atomic E-state index is 13.2. The zero-order valence-corrected chi connectivity index (χ0v) is 22.9. The van der Waals surface area contributed by atoms with Gasteiger partial charge in [-0.25, -0.2) is 8.51 Å². The fraction of sp³-hybridized carbons (Fsp3) is 0.929. The largest absolute Gasteiger partial charge is 0.316 e. The lowest BCUT2D eigenvalue weighted by atomic mass is 9.47. The van der Waals surface area contributed by atoms with Crippen molar-refractivity contribution in [3.05, 3.63) is 11.6 Å². The fourth-order valence-electron chi connectivity index (χ4n) is 9.52. The van der Waals surface area contributed by atoms with Gasteiger partial charge in [-0.05, 0) is 106 Å². The zero-order chi connectivity index (χ0) is 23.7. The topological polar surface area (TPSA) is 49.6 Å². The predicted octanol–water partition coefficient (Wildman–Crippen LogP) is 5.17. The molecule has 2 N–H and O–H groups in total. The van der Waals surface area contributed by atoms with Crippen LogP contribution >= 0.6 is 0 Å². The summed E-state index contributed by atoms with van der Waals surface area (Å²) in [5.41, 5.74) is 9.02. The van der Waals surface area contributed by atoms with Gasteiger partial charge in [0.15, 0.2) is 0 Å². The summed E-state index contributed by atoms with van der Waals surface area (Å²) in [6, 6.07) is 1.14. The van der Waals surface area contributed by atoms with E-state index in [2.05, 4.69) is 57.1 Å². The molecule has 0 amide bonds.